The van der Waals surface area contributed by atoms with Crippen LogP contribution in [-0.2, 0) is 19.0 Å². The van der Waals surface area contributed by atoms with E-state index in [0.29, 0.717) is 6.42 Å². The average molecular weight is 343 g/mol. The van der Waals surface area contributed by atoms with E-state index in [1.807, 2.05) is 0 Å². The zero-order chi connectivity index (χ0) is 17.5. The van der Waals surface area contributed by atoms with Crippen molar-refractivity contribution in [2.75, 3.05) is 46.6 Å². The molecule has 2 N–H and O–H groups in total. The number of guanidine groups is 1. The van der Waals surface area contributed by atoms with Crippen LogP contribution in [0.3, 0.4) is 0 Å². The van der Waals surface area contributed by atoms with Crippen molar-refractivity contribution in [3.8, 4) is 0 Å². The Labute approximate surface area is 145 Å². The highest BCUT2D eigenvalue weighted by molar-refractivity contribution is 5.79. The van der Waals surface area contributed by atoms with Gasteiger partial charge >= 0.3 is 5.97 Å². The predicted octanol–water partition coefficient (Wildman–Crippen LogP) is 1.47. The minimum atomic E-state index is -0.135. The average Bonchev–Trinajstić information content (AvgIpc) is 3.10. The molecular weight excluding hydrogens is 310 g/mol. The summed E-state index contributed by atoms with van der Waals surface area (Å²) in [6.07, 6.45) is 5.55. The van der Waals surface area contributed by atoms with E-state index in [4.69, 9.17) is 9.47 Å². The third-order valence-corrected chi connectivity index (χ3v) is 3.74. The van der Waals surface area contributed by atoms with Crippen molar-refractivity contribution >= 4 is 11.9 Å². The van der Waals surface area contributed by atoms with E-state index in [0.717, 1.165) is 77.5 Å². The Balaban J connectivity index is 2.05. The standard InChI is InChI=1S/C17H33N3O4/c1-3-18-17(19-10-6-4-5-8-16(21)22-2)20-11-7-12-24-15-9-13-23-14-15/h15H,3-14H2,1-2H3,(H2,18,19,20). The highest BCUT2D eigenvalue weighted by atomic mass is 16.5. The Kier molecular flexibility index (Phi) is 12.1. The molecule has 0 bridgehead atoms. The fourth-order valence-corrected chi connectivity index (χ4v) is 2.37. The Morgan fingerprint density at radius 1 is 1.25 bits per heavy atom. The maximum absolute atomic E-state index is 11.0. The molecule has 1 saturated heterocycles. The van der Waals surface area contributed by atoms with Crippen LogP contribution in [0.25, 0.3) is 0 Å². The number of methoxy groups -OCH3 is 1. The van der Waals surface area contributed by atoms with Crippen molar-refractivity contribution in [3.63, 3.8) is 0 Å². The number of carbonyl (C=O) groups excluding carboxylic acids is 1. The molecule has 0 aliphatic carbocycles. The Morgan fingerprint density at radius 3 is 2.83 bits per heavy atom. The Hall–Kier alpha value is -1.34. The molecule has 140 valence electrons. The lowest BCUT2D eigenvalue weighted by Gasteiger charge is -2.12. The molecule has 0 aromatic rings. The van der Waals surface area contributed by atoms with Crippen molar-refractivity contribution in [1.29, 1.82) is 0 Å². The van der Waals surface area contributed by atoms with Gasteiger partial charge < -0.3 is 24.8 Å². The monoisotopic (exact) mass is 343 g/mol. The number of esters is 1. The highest BCUT2D eigenvalue weighted by Crippen LogP contribution is 2.08. The number of ether oxygens (including phenoxy) is 3. The Morgan fingerprint density at radius 2 is 2.12 bits per heavy atom. The molecule has 0 aromatic heterocycles. The first-order chi connectivity index (χ1) is 11.8. The van der Waals surface area contributed by atoms with Gasteiger partial charge in [-0.1, -0.05) is 6.42 Å². The molecule has 0 saturated carbocycles. The molecule has 0 amide bonds. The van der Waals surface area contributed by atoms with Crippen LogP contribution in [0.1, 0.15) is 45.4 Å². The minimum Gasteiger partial charge on any atom is -0.469 e. The summed E-state index contributed by atoms with van der Waals surface area (Å²) in [4.78, 5) is 15.6. The van der Waals surface area contributed by atoms with Gasteiger partial charge in [-0.3, -0.25) is 9.79 Å². The van der Waals surface area contributed by atoms with E-state index < -0.39 is 0 Å². The number of hydrogen-bond acceptors (Lipinski definition) is 5. The van der Waals surface area contributed by atoms with Gasteiger partial charge in [-0.25, -0.2) is 0 Å². The molecule has 1 rings (SSSR count). The second kappa shape index (κ2) is 14.0. The molecule has 1 heterocycles. The van der Waals surface area contributed by atoms with Gasteiger partial charge in [-0.05, 0) is 32.6 Å². The van der Waals surface area contributed by atoms with Crippen LogP contribution in [0, 0.1) is 0 Å². The van der Waals surface area contributed by atoms with E-state index in [9.17, 15) is 4.79 Å². The van der Waals surface area contributed by atoms with Crippen molar-refractivity contribution in [1.82, 2.24) is 10.6 Å². The third kappa shape index (κ3) is 10.4. The SMILES string of the molecule is CCNC(=NCCCOC1CCOC1)NCCCCCC(=O)OC. The number of nitrogens with zero attached hydrogens (tertiary/aromatic N) is 1. The van der Waals surface area contributed by atoms with E-state index in [-0.39, 0.29) is 12.1 Å². The fraction of sp³-hybridized carbons (Fsp3) is 0.882. The first-order valence-corrected chi connectivity index (χ1v) is 9.04. The van der Waals surface area contributed by atoms with Gasteiger partial charge in [0.2, 0.25) is 0 Å². The Bertz CT molecular complexity index is 358. The number of rotatable bonds is 12. The van der Waals surface area contributed by atoms with Crippen molar-refractivity contribution in [2.45, 2.75) is 51.6 Å². The quantitative estimate of drug-likeness (QED) is 0.242. The maximum Gasteiger partial charge on any atom is 0.305 e. The molecule has 1 aliphatic heterocycles. The smallest absolute Gasteiger partial charge is 0.305 e. The summed E-state index contributed by atoms with van der Waals surface area (Å²) in [6.45, 7) is 6.75. The number of unbranched alkanes of at least 4 members (excludes halogenated alkanes) is 2. The second-order valence-corrected chi connectivity index (χ2v) is 5.78. The van der Waals surface area contributed by atoms with E-state index in [1.165, 1.54) is 7.11 Å². The molecule has 7 heteroatoms. The van der Waals surface area contributed by atoms with Gasteiger partial charge in [-0.2, -0.15) is 0 Å². The molecule has 0 aromatic carbocycles. The summed E-state index contributed by atoms with van der Waals surface area (Å²) in [5, 5.41) is 6.55. The zero-order valence-corrected chi connectivity index (χ0v) is 15.1. The van der Waals surface area contributed by atoms with Crippen LogP contribution in [0.4, 0.5) is 0 Å². The molecule has 1 unspecified atom stereocenters. The van der Waals surface area contributed by atoms with Crippen LogP contribution >= 0.6 is 0 Å². The summed E-state index contributed by atoms with van der Waals surface area (Å²) >= 11 is 0. The van der Waals surface area contributed by atoms with Crippen molar-refractivity contribution in [2.24, 2.45) is 4.99 Å². The largest absolute Gasteiger partial charge is 0.469 e. The van der Waals surface area contributed by atoms with Crippen molar-refractivity contribution < 1.29 is 19.0 Å². The predicted molar refractivity (Wildman–Crippen MR) is 94.3 cm³/mol. The highest BCUT2D eigenvalue weighted by Gasteiger charge is 2.15. The molecule has 1 aliphatic rings. The fourth-order valence-electron chi connectivity index (χ4n) is 2.37. The summed E-state index contributed by atoms with van der Waals surface area (Å²) in [6, 6.07) is 0. The van der Waals surface area contributed by atoms with Crippen LogP contribution in [0.15, 0.2) is 4.99 Å². The second-order valence-electron chi connectivity index (χ2n) is 5.78. The maximum atomic E-state index is 11.0. The summed E-state index contributed by atoms with van der Waals surface area (Å²) in [5.74, 6) is 0.707. The van der Waals surface area contributed by atoms with E-state index in [1.54, 1.807) is 0 Å². The lowest BCUT2D eigenvalue weighted by Crippen LogP contribution is -2.37. The summed E-state index contributed by atoms with van der Waals surface area (Å²) in [5.41, 5.74) is 0. The first kappa shape index (κ1) is 20.7. The van der Waals surface area contributed by atoms with Gasteiger partial charge in [0.05, 0.1) is 19.8 Å². The van der Waals surface area contributed by atoms with Crippen LogP contribution in [0.5, 0.6) is 0 Å². The summed E-state index contributed by atoms with van der Waals surface area (Å²) < 4.78 is 15.6. The third-order valence-electron chi connectivity index (χ3n) is 3.74. The van der Waals surface area contributed by atoms with Gasteiger partial charge in [0.25, 0.3) is 0 Å². The summed E-state index contributed by atoms with van der Waals surface area (Å²) in [7, 11) is 1.43. The van der Waals surface area contributed by atoms with E-state index >= 15 is 0 Å². The molecule has 1 fully saturated rings. The molecule has 24 heavy (non-hydrogen) atoms. The topological polar surface area (TPSA) is 81.2 Å². The molecule has 1 atom stereocenters. The van der Waals surface area contributed by atoms with E-state index in [2.05, 4.69) is 27.3 Å². The number of nitrogens with one attached hydrogen (secondary N) is 2. The van der Waals surface area contributed by atoms with Crippen molar-refractivity contribution in [3.05, 3.63) is 0 Å². The molecule has 0 radical (unpaired) electrons. The number of carbonyl (C=O) groups is 1. The first-order valence-electron chi connectivity index (χ1n) is 9.04. The number of hydrogen-bond donors (Lipinski definition) is 2. The zero-order valence-electron chi connectivity index (χ0n) is 15.1. The molecular formula is C17H33N3O4. The lowest BCUT2D eigenvalue weighted by atomic mass is 10.2. The van der Waals surface area contributed by atoms with Crippen LogP contribution < -0.4 is 10.6 Å². The number of aliphatic imine (C=N–C) groups is 1. The molecule has 7 nitrogen and oxygen atoms in total. The van der Waals surface area contributed by atoms with Gasteiger partial charge in [0.1, 0.15) is 0 Å². The minimum absolute atomic E-state index is 0.135. The van der Waals surface area contributed by atoms with Gasteiger partial charge in [0.15, 0.2) is 5.96 Å². The van der Waals surface area contributed by atoms with Crippen LogP contribution in [0.2, 0.25) is 0 Å². The van der Waals surface area contributed by atoms with Gasteiger partial charge in [-0.15, -0.1) is 0 Å². The normalized spacial score (nSPS) is 17.8. The van der Waals surface area contributed by atoms with Gasteiger partial charge in [0, 0.05) is 39.3 Å². The molecule has 0 spiro atoms. The lowest BCUT2D eigenvalue weighted by molar-refractivity contribution is -0.140. The van der Waals surface area contributed by atoms with Crippen LogP contribution in [-0.4, -0.2) is 64.6 Å².